The first-order chi connectivity index (χ1) is 11.7. The quantitative estimate of drug-likeness (QED) is 0.476. The van der Waals surface area contributed by atoms with Gasteiger partial charge in [0.2, 0.25) is 5.78 Å². The van der Waals surface area contributed by atoms with E-state index in [-0.39, 0.29) is 0 Å². The van der Waals surface area contributed by atoms with E-state index < -0.39 is 53.0 Å². The molecule has 1 aromatic rings. The number of alkyl carbamates (subject to hydrolysis) is 1. The SMILES string of the molecule is C=C(CNC(=O)OC(C)(C)C)C(F)(F)C(=O)c1cccnc1C(F)(F)F. The van der Waals surface area contributed by atoms with E-state index in [9.17, 15) is 31.5 Å². The number of Topliss-reactive ketones (excluding diaryl/α,β-unsaturated/α-hetero) is 1. The second kappa shape index (κ2) is 7.38. The Morgan fingerprint density at radius 2 is 1.77 bits per heavy atom. The lowest BCUT2D eigenvalue weighted by molar-refractivity contribution is -0.141. The van der Waals surface area contributed by atoms with Crippen LogP contribution in [0.5, 0.6) is 0 Å². The number of carbonyl (C=O) groups excluding carboxylic acids is 2. The van der Waals surface area contributed by atoms with Gasteiger partial charge in [-0.1, -0.05) is 6.58 Å². The monoisotopic (exact) mass is 380 g/mol. The minimum atomic E-state index is -5.08. The van der Waals surface area contributed by atoms with Crippen LogP contribution in [0, 0.1) is 0 Å². The van der Waals surface area contributed by atoms with Crippen LogP contribution in [0.1, 0.15) is 36.8 Å². The van der Waals surface area contributed by atoms with Gasteiger partial charge in [-0.3, -0.25) is 9.78 Å². The Morgan fingerprint density at radius 1 is 1.19 bits per heavy atom. The van der Waals surface area contributed by atoms with E-state index in [0.29, 0.717) is 6.07 Å². The third-order valence-corrected chi connectivity index (χ3v) is 2.90. The molecule has 0 fully saturated rings. The largest absolute Gasteiger partial charge is 0.444 e. The molecule has 5 nitrogen and oxygen atoms in total. The average Bonchev–Trinajstić information content (AvgIpc) is 2.49. The molecule has 0 saturated carbocycles. The molecule has 10 heteroatoms. The Kier molecular flexibility index (Phi) is 6.11. The second-order valence-electron chi connectivity index (χ2n) is 6.26. The number of ketones is 1. The summed E-state index contributed by atoms with van der Waals surface area (Å²) < 4.78 is 71.8. The molecule has 0 atom stereocenters. The number of hydrogen-bond acceptors (Lipinski definition) is 4. The van der Waals surface area contributed by atoms with Crippen molar-refractivity contribution in [3.8, 4) is 0 Å². The first-order valence-electron chi connectivity index (χ1n) is 7.26. The van der Waals surface area contributed by atoms with Crippen LogP contribution in [-0.2, 0) is 10.9 Å². The van der Waals surface area contributed by atoms with Crippen molar-refractivity contribution >= 4 is 11.9 Å². The van der Waals surface area contributed by atoms with E-state index in [4.69, 9.17) is 4.74 Å². The summed E-state index contributed by atoms with van der Waals surface area (Å²) in [5.41, 5.74) is -4.99. The van der Waals surface area contributed by atoms with Crippen molar-refractivity contribution in [1.82, 2.24) is 10.3 Å². The summed E-state index contributed by atoms with van der Waals surface area (Å²) in [5.74, 6) is -6.47. The Bertz CT molecular complexity index is 709. The number of ether oxygens (including phenoxy) is 1. The molecule has 0 bridgehead atoms. The summed E-state index contributed by atoms with van der Waals surface area (Å²) in [7, 11) is 0. The first-order valence-corrected chi connectivity index (χ1v) is 7.26. The molecule has 0 unspecified atom stereocenters. The van der Waals surface area contributed by atoms with Crippen molar-refractivity contribution in [2.45, 2.75) is 38.5 Å². The van der Waals surface area contributed by atoms with Crippen LogP contribution < -0.4 is 5.32 Å². The first kappa shape index (κ1) is 21.5. The molecule has 0 aliphatic rings. The van der Waals surface area contributed by atoms with Gasteiger partial charge in [0, 0.05) is 18.3 Å². The molecule has 0 aliphatic carbocycles. The maximum atomic E-state index is 14.2. The molecule has 0 spiro atoms. The Hall–Kier alpha value is -2.52. The number of nitrogens with zero attached hydrogens (tertiary/aromatic N) is 1. The molecule has 26 heavy (non-hydrogen) atoms. The molecule has 0 aromatic carbocycles. The standard InChI is InChI=1S/C16H17F5N2O3/c1-9(8-23-13(25)26-14(2,3)4)15(17,18)12(24)10-6-5-7-22-11(10)16(19,20)21/h5-7H,1,8H2,2-4H3,(H,23,25). The number of aromatic nitrogens is 1. The van der Waals surface area contributed by atoms with Gasteiger partial charge < -0.3 is 10.1 Å². The highest BCUT2D eigenvalue weighted by atomic mass is 19.4. The maximum absolute atomic E-state index is 14.2. The molecule has 0 radical (unpaired) electrons. The van der Waals surface area contributed by atoms with E-state index in [1.165, 1.54) is 0 Å². The summed E-state index contributed by atoms with van der Waals surface area (Å²) in [6.45, 7) is 6.75. The van der Waals surface area contributed by atoms with E-state index in [1.54, 1.807) is 20.8 Å². The van der Waals surface area contributed by atoms with Crippen molar-refractivity contribution in [3.05, 3.63) is 41.7 Å². The summed E-state index contributed by atoms with van der Waals surface area (Å²) in [6, 6.07) is 1.53. The van der Waals surface area contributed by atoms with Crippen LogP contribution in [0.3, 0.4) is 0 Å². The lowest BCUT2D eigenvalue weighted by Crippen LogP contribution is -2.39. The lowest BCUT2D eigenvalue weighted by Gasteiger charge is -2.22. The number of nitrogens with one attached hydrogen (secondary N) is 1. The summed E-state index contributed by atoms with van der Waals surface area (Å²) in [4.78, 5) is 26.4. The number of carbonyl (C=O) groups is 2. The van der Waals surface area contributed by atoms with Crippen LogP contribution in [0.25, 0.3) is 0 Å². The zero-order chi connectivity index (χ0) is 20.3. The fourth-order valence-corrected chi connectivity index (χ4v) is 1.75. The van der Waals surface area contributed by atoms with Gasteiger partial charge in [0.1, 0.15) is 5.60 Å². The van der Waals surface area contributed by atoms with Gasteiger partial charge in [-0.25, -0.2) is 4.79 Å². The molecule has 1 aromatic heterocycles. The molecule has 144 valence electrons. The lowest BCUT2D eigenvalue weighted by atomic mass is 9.98. The van der Waals surface area contributed by atoms with Crippen molar-refractivity contribution in [2.75, 3.05) is 6.54 Å². The normalized spacial score (nSPS) is 12.5. The van der Waals surface area contributed by atoms with Gasteiger partial charge in [0.05, 0.1) is 5.56 Å². The number of hydrogen-bond donors (Lipinski definition) is 1. The molecule has 0 aliphatic heterocycles. The van der Waals surface area contributed by atoms with Crippen molar-refractivity contribution < 1.29 is 36.3 Å². The third-order valence-electron chi connectivity index (χ3n) is 2.90. The minimum Gasteiger partial charge on any atom is -0.444 e. The molecule has 1 rings (SSSR count). The molecule has 1 N–H and O–H groups in total. The number of rotatable bonds is 5. The Labute approximate surface area is 146 Å². The van der Waals surface area contributed by atoms with Gasteiger partial charge in [-0.2, -0.15) is 22.0 Å². The molecular formula is C16H17F5N2O3. The highest BCUT2D eigenvalue weighted by Crippen LogP contribution is 2.34. The molecule has 0 saturated heterocycles. The highest BCUT2D eigenvalue weighted by molar-refractivity contribution is 6.04. The van der Waals surface area contributed by atoms with Gasteiger partial charge in [0.15, 0.2) is 5.69 Å². The van der Waals surface area contributed by atoms with Gasteiger partial charge in [0.25, 0.3) is 0 Å². The zero-order valence-electron chi connectivity index (χ0n) is 14.2. The van der Waals surface area contributed by atoms with Crippen molar-refractivity contribution in [2.24, 2.45) is 0 Å². The fraction of sp³-hybridized carbons (Fsp3) is 0.438. The Balaban J connectivity index is 2.95. The zero-order valence-corrected chi connectivity index (χ0v) is 14.2. The summed E-state index contributed by atoms with van der Waals surface area (Å²) in [5, 5.41) is 1.97. The predicted molar refractivity (Wildman–Crippen MR) is 81.9 cm³/mol. The second-order valence-corrected chi connectivity index (χ2v) is 6.26. The molecule has 1 heterocycles. The van der Waals surface area contributed by atoms with Gasteiger partial charge in [-0.05, 0) is 32.9 Å². The van der Waals surface area contributed by atoms with E-state index in [1.807, 2.05) is 5.32 Å². The van der Waals surface area contributed by atoms with E-state index in [0.717, 1.165) is 12.3 Å². The molecule has 1 amide bonds. The van der Waals surface area contributed by atoms with Crippen LogP contribution >= 0.6 is 0 Å². The van der Waals surface area contributed by atoms with Crippen molar-refractivity contribution in [1.29, 1.82) is 0 Å². The van der Waals surface area contributed by atoms with Crippen LogP contribution in [0.4, 0.5) is 26.7 Å². The van der Waals surface area contributed by atoms with Gasteiger partial charge in [-0.15, -0.1) is 0 Å². The molecular weight excluding hydrogens is 363 g/mol. The smallest absolute Gasteiger partial charge is 0.434 e. The van der Waals surface area contributed by atoms with E-state index >= 15 is 0 Å². The topological polar surface area (TPSA) is 68.3 Å². The van der Waals surface area contributed by atoms with Crippen LogP contribution in [0.15, 0.2) is 30.5 Å². The number of halogens is 5. The average molecular weight is 380 g/mol. The number of alkyl halides is 5. The van der Waals surface area contributed by atoms with Crippen LogP contribution in [0.2, 0.25) is 0 Å². The summed E-state index contributed by atoms with van der Waals surface area (Å²) in [6.07, 6.45) is -5.39. The van der Waals surface area contributed by atoms with E-state index in [2.05, 4.69) is 11.6 Å². The third kappa shape index (κ3) is 5.50. The number of amides is 1. The Morgan fingerprint density at radius 3 is 2.27 bits per heavy atom. The van der Waals surface area contributed by atoms with Crippen molar-refractivity contribution in [3.63, 3.8) is 0 Å². The van der Waals surface area contributed by atoms with Gasteiger partial charge >= 0.3 is 18.2 Å². The highest BCUT2D eigenvalue weighted by Gasteiger charge is 2.47. The number of pyridine rings is 1. The van der Waals surface area contributed by atoms with Crippen LogP contribution in [-0.4, -0.2) is 34.9 Å². The predicted octanol–water partition coefficient (Wildman–Crippen LogP) is 4.00. The maximum Gasteiger partial charge on any atom is 0.434 e. The summed E-state index contributed by atoms with van der Waals surface area (Å²) >= 11 is 0. The minimum absolute atomic E-state index is 0.598. The fourth-order valence-electron chi connectivity index (χ4n) is 1.75.